The summed E-state index contributed by atoms with van der Waals surface area (Å²) in [4.78, 5) is 10.7. The Kier molecular flexibility index (Phi) is 1.70. The quantitative estimate of drug-likeness (QED) is 0.488. The molecule has 1 aliphatic carbocycles. The maximum absolute atomic E-state index is 10.7. The summed E-state index contributed by atoms with van der Waals surface area (Å²) >= 11 is 0. The minimum Gasteiger partial charge on any atom is -0.299 e. The minimum atomic E-state index is 0.273. The van der Waals surface area contributed by atoms with E-state index in [1.54, 1.807) is 0 Å². The molecule has 0 N–H and O–H groups in total. The van der Waals surface area contributed by atoms with Crippen LogP contribution in [0.2, 0.25) is 0 Å². The molecule has 1 heteroatoms. The third-order valence-electron chi connectivity index (χ3n) is 1.65. The molecule has 0 radical (unpaired) electrons. The van der Waals surface area contributed by atoms with E-state index in [0.717, 1.165) is 12.8 Å². The second-order valence-corrected chi connectivity index (χ2v) is 2.86. The van der Waals surface area contributed by atoms with Gasteiger partial charge in [0.25, 0.3) is 0 Å². The van der Waals surface area contributed by atoms with E-state index >= 15 is 0 Å². The summed E-state index contributed by atoms with van der Waals surface area (Å²) in [6, 6.07) is 0. The standard InChI is InChI=1S/C8H12O/c1-6(2)5-7-3-4-8(7)9/h5,7H,3-4H2,1-2H3. The first-order chi connectivity index (χ1) is 4.20. The zero-order valence-electron chi connectivity index (χ0n) is 5.98. The van der Waals surface area contributed by atoms with Gasteiger partial charge in [-0.15, -0.1) is 0 Å². The number of carbonyl (C=O) groups excluding carboxylic acids is 1. The highest BCUT2D eigenvalue weighted by molar-refractivity contribution is 5.88. The Labute approximate surface area is 55.8 Å². The number of allylic oxidation sites excluding steroid dienone is 2. The maximum Gasteiger partial charge on any atom is 0.139 e. The fraction of sp³-hybridized carbons (Fsp3) is 0.625. The average molecular weight is 124 g/mol. The zero-order valence-corrected chi connectivity index (χ0v) is 5.98. The highest BCUT2D eigenvalue weighted by Gasteiger charge is 2.24. The van der Waals surface area contributed by atoms with Gasteiger partial charge in [0.15, 0.2) is 0 Å². The lowest BCUT2D eigenvalue weighted by Gasteiger charge is -2.20. The number of Topliss-reactive ketones (excluding diaryl/α,β-unsaturated/α-hetero) is 1. The molecule has 0 aliphatic heterocycles. The first kappa shape index (κ1) is 6.53. The van der Waals surface area contributed by atoms with Crippen molar-refractivity contribution >= 4 is 5.78 Å². The van der Waals surface area contributed by atoms with Crippen LogP contribution in [-0.2, 0) is 4.79 Å². The number of hydrogen-bond acceptors (Lipinski definition) is 1. The van der Waals surface area contributed by atoms with Crippen LogP contribution in [0.4, 0.5) is 0 Å². The lowest BCUT2D eigenvalue weighted by Crippen LogP contribution is -2.23. The molecular formula is C8H12O. The predicted molar refractivity (Wildman–Crippen MR) is 37.2 cm³/mol. The van der Waals surface area contributed by atoms with E-state index in [9.17, 15) is 4.79 Å². The molecule has 0 amide bonds. The Morgan fingerprint density at radius 3 is 2.44 bits per heavy atom. The zero-order chi connectivity index (χ0) is 6.85. The molecule has 1 atom stereocenters. The van der Waals surface area contributed by atoms with Gasteiger partial charge in [0.05, 0.1) is 0 Å². The molecule has 0 aromatic rings. The van der Waals surface area contributed by atoms with E-state index < -0.39 is 0 Å². The van der Waals surface area contributed by atoms with Crippen molar-refractivity contribution in [2.75, 3.05) is 0 Å². The SMILES string of the molecule is CC(C)=CC1CCC1=O. The summed E-state index contributed by atoms with van der Waals surface area (Å²) in [5, 5.41) is 0. The molecule has 0 bridgehead atoms. The molecular weight excluding hydrogens is 112 g/mol. The van der Waals surface area contributed by atoms with Crippen LogP contribution in [0.1, 0.15) is 26.7 Å². The Balaban J connectivity index is 2.46. The fourth-order valence-corrected chi connectivity index (χ4v) is 1.01. The predicted octanol–water partition coefficient (Wildman–Crippen LogP) is 1.93. The van der Waals surface area contributed by atoms with Gasteiger partial charge in [-0.25, -0.2) is 0 Å². The Morgan fingerprint density at radius 2 is 2.33 bits per heavy atom. The lowest BCUT2D eigenvalue weighted by atomic mass is 9.83. The molecule has 0 heterocycles. The number of ketones is 1. The van der Waals surface area contributed by atoms with Gasteiger partial charge < -0.3 is 0 Å². The van der Waals surface area contributed by atoms with Crippen molar-refractivity contribution in [1.29, 1.82) is 0 Å². The summed E-state index contributed by atoms with van der Waals surface area (Å²) in [7, 11) is 0. The first-order valence-corrected chi connectivity index (χ1v) is 3.38. The van der Waals surface area contributed by atoms with Gasteiger partial charge in [0.2, 0.25) is 0 Å². The number of rotatable bonds is 1. The minimum absolute atomic E-state index is 0.273. The average Bonchev–Trinajstić information content (AvgIpc) is 1.79. The Bertz CT molecular complexity index is 152. The van der Waals surface area contributed by atoms with Crippen LogP contribution in [0, 0.1) is 5.92 Å². The molecule has 0 saturated heterocycles. The van der Waals surface area contributed by atoms with Crippen molar-refractivity contribution in [3.63, 3.8) is 0 Å². The summed E-state index contributed by atoms with van der Waals surface area (Å²) in [6.07, 6.45) is 3.93. The Morgan fingerprint density at radius 1 is 1.67 bits per heavy atom. The van der Waals surface area contributed by atoms with E-state index in [-0.39, 0.29) is 5.92 Å². The molecule has 9 heavy (non-hydrogen) atoms. The van der Waals surface area contributed by atoms with Gasteiger partial charge in [0, 0.05) is 12.3 Å². The number of carbonyl (C=O) groups is 1. The summed E-state index contributed by atoms with van der Waals surface area (Å²) in [5.41, 5.74) is 1.26. The summed E-state index contributed by atoms with van der Waals surface area (Å²) in [6.45, 7) is 4.07. The van der Waals surface area contributed by atoms with Crippen LogP contribution in [0.15, 0.2) is 11.6 Å². The van der Waals surface area contributed by atoms with Crippen molar-refractivity contribution in [2.45, 2.75) is 26.7 Å². The van der Waals surface area contributed by atoms with Gasteiger partial charge in [0.1, 0.15) is 5.78 Å². The van der Waals surface area contributed by atoms with Gasteiger partial charge >= 0.3 is 0 Å². The molecule has 50 valence electrons. The first-order valence-electron chi connectivity index (χ1n) is 3.38. The summed E-state index contributed by atoms with van der Waals surface area (Å²) < 4.78 is 0. The molecule has 0 spiro atoms. The highest BCUT2D eigenvalue weighted by Crippen LogP contribution is 2.24. The van der Waals surface area contributed by atoms with E-state index in [4.69, 9.17) is 0 Å². The van der Waals surface area contributed by atoms with Crippen LogP contribution in [0.5, 0.6) is 0 Å². The van der Waals surface area contributed by atoms with E-state index in [1.165, 1.54) is 5.57 Å². The second kappa shape index (κ2) is 2.34. The van der Waals surface area contributed by atoms with Crippen molar-refractivity contribution in [3.05, 3.63) is 11.6 Å². The smallest absolute Gasteiger partial charge is 0.139 e. The molecule has 1 nitrogen and oxygen atoms in total. The lowest BCUT2D eigenvalue weighted by molar-refractivity contribution is -0.127. The van der Waals surface area contributed by atoms with E-state index in [1.807, 2.05) is 13.8 Å². The molecule has 1 saturated carbocycles. The third kappa shape index (κ3) is 1.41. The maximum atomic E-state index is 10.7. The van der Waals surface area contributed by atoms with Crippen molar-refractivity contribution in [3.8, 4) is 0 Å². The van der Waals surface area contributed by atoms with Gasteiger partial charge in [-0.3, -0.25) is 4.79 Å². The van der Waals surface area contributed by atoms with E-state index in [2.05, 4.69) is 6.08 Å². The normalized spacial score (nSPS) is 25.1. The molecule has 1 unspecified atom stereocenters. The van der Waals surface area contributed by atoms with Crippen molar-refractivity contribution in [2.24, 2.45) is 5.92 Å². The Hall–Kier alpha value is -0.590. The molecule has 0 aromatic heterocycles. The molecule has 1 rings (SSSR count). The fourth-order valence-electron chi connectivity index (χ4n) is 1.01. The number of hydrogen-bond donors (Lipinski definition) is 0. The monoisotopic (exact) mass is 124 g/mol. The van der Waals surface area contributed by atoms with Crippen LogP contribution in [-0.4, -0.2) is 5.78 Å². The van der Waals surface area contributed by atoms with Crippen molar-refractivity contribution < 1.29 is 4.79 Å². The van der Waals surface area contributed by atoms with Gasteiger partial charge in [-0.2, -0.15) is 0 Å². The van der Waals surface area contributed by atoms with Crippen LogP contribution in [0.25, 0.3) is 0 Å². The molecule has 1 aliphatic rings. The highest BCUT2D eigenvalue weighted by atomic mass is 16.1. The van der Waals surface area contributed by atoms with Crippen molar-refractivity contribution in [1.82, 2.24) is 0 Å². The summed E-state index contributed by atoms with van der Waals surface area (Å²) in [5.74, 6) is 0.686. The van der Waals surface area contributed by atoms with Crippen LogP contribution < -0.4 is 0 Å². The molecule has 0 aromatic carbocycles. The van der Waals surface area contributed by atoms with Crippen LogP contribution in [0.3, 0.4) is 0 Å². The largest absolute Gasteiger partial charge is 0.299 e. The topological polar surface area (TPSA) is 17.1 Å². The molecule has 1 fully saturated rings. The third-order valence-corrected chi connectivity index (χ3v) is 1.65. The van der Waals surface area contributed by atoms with E-state index in [0.29, 0.717) is 5.78 Å². The second-order valence-electron chi connectivity index (χ2n) is 2.86. The van der Waals surface area contributed by atoms with Crippen LogP contribution >= 0.6 is 0 Å². The van der Waals surface area contributed by atoms with Gasteiger partial charge in [-0.1, -0.05) is 11.6 Å². The van der Waals surface area contributed by atoms with Gasteiger partial charge in [-0.05, 0) is 20.3 Å².